The lowest BCUT2D eigenvalue weighted by atomic mass is 10.2. The highest BCUT2D eigenvalue weighted by atomic mass is 35.5. The topological polar surface area (TPSA) is 49.8 Å². The van der Waals surface area contributed by atoms with E-state index in [4.69, 9.17) is 11.6 Å². The second kappa shape index (κ2) is 6.75. The Kier molecular flexibility index (Phi) is 4.75. The number of nitrogens with one attached hydrogen (secondary N) is 2. The van der Waals surface area contributed by atoms with Crippen molar-refractivity contribution >= 4 is 23.2 Å². The Morgan fingerprint density at radius 3 is 2.47 bits per heavy atom. The molecule has 0 amide bonds. The first kappa shape index (κ1) is 13.4. The van der Waals surface area contributed by atoms with Gasteiger partial charge in [0.1, 0.15) is 18.0 Å². The van der Waals surface area contributed by atoms with Gasteiger partial charge in [-0.2, -0.15) is 0 Å². The van der Waals surface area contributed by atoms with E-state index in [9.17, 15) is 0 Å². The molecule has 0 aliphatic rings. The van der Waals surface area contributed by atoms with Gasteiger partial charge >= 0.3 is 0 Å². The van der Waals surface area contributed by atoms with Gasteiger partial charge in [-0.25, -0.2) is 9.97 Å². The van der Waals surface area contributed by atoms with E-state index in [0.717, 1.165) is 22.2 Å². The van der Waals surface area contributed by atoms with Gasteiger partial charge in [-0.15, -0.1) is 6.58 Å². The van der Waals surface area contributed by atoms with Crippen molar-refractivity contribution in [1.82, 2.24) is 9.97 Å². The normalized spacial score (nSPS) is 9.95. The minimum Gasteiger partial charge on any atom is -0.366 e. The first-order valence-electron chi connectivity index (χ1n) is 5.93. The van der Waals surface area contributed by atoms with Crippen molar-refractivity contribution in [1.29, 1.82) is 0 Å². The molecule has 19 heavy (non-hydrogen) atoms. The van der Waals surface area contributed by atoms with Crippen LogP contribution in [0.5, 0.6) is 0 Å². The molecule has 5 heteroatoms. The largest absolute Gasteiger partial charge is 0.366 e. The maximum absolute atomic E-state index is 5.84. The summed E-state index contributed by atoms with van der Waals surface area (Å²) < 4.78 is 0. The summed E-state index contributed by atoms with van der Waals surface area (Å²) in [4.78, 5) is 8.28. The van der Waals surface area contributed by atoms with Gasteiger partial charge in [-0.3, -0.25) is 0 Å². The maximum Gasteiger partial charge on any atom is 0.131 e. The number of halogens is 1. The molecule has 98 valence electrons. The van der Waals surface area contributed by atoms with E-state index >= 15 is 0 Å². The van der Waals surface area contributed by atoms with Gasteiger partial charge in [-0.05, 0) is 17.7 Å². The number of hydrogen-bond acceptors (Lipinski definition) is 4. The quantitative estimate of drug-likeness (QED) is 0.793. The lowest BCUT2D eigenvalue weighted by molar-refractivity contribution is 1.07. The van der Waals surface area contributed by atoms with Crippen LogP contribution in [0, 0.1) is 0 Å². The van der Waals surface area contributed by atoms with Gasteiger partial charge in [0.15, 0.2) is 0 Å². The molecular weight excluding hydrogens is 260 g/mol. The fraction of sp³-hybridized carbons (Fsp3) is 0.143. The monoisotopic (exact) mass is 274 g/mol. The van der Waals surface area contributed by atoms with Gasteiger partial charge in [-0.1, -0.05) is 29.8 Å². The average Bonchev–Trinajstić information content (AvgIpc) is 2.45. The zero-order valence-electron chi connectivity index (χ0n) is 10.4. The Labute approximate surface area is 117 Å². The molecule has 0 spiro atoms. The van der Waals surface area contributed by atoms with Crippen molar-refractivity contribution in [3.05, 3.63) is 59.9 Å². The number of anilines is 2. The van der Waals surface area contributed by atoms with Crippen LogP contribution in [0.25, 0.3) is 0 Å². The molecule has 0 fully saturated rings. The van der Waals surface area contributed by atoms with E-state index in [-0.39, 0.29) is 0 Å². The number of rotatable bonds is 6. The predicted molar refractivity (Wildman–Crippen MR) is 79.5 cm³/mol. The fourth-order valence-electron chi connectivity index (χ4n) is 1.52. The smallest absolute Gasteiger partial charge is 0.131 e. The second-order valence-corrected chi connectivity index (χ2v) is 4.37. The molecule has 0 aliphatic carbocycles. The molecule has 2 N–H and O–H groups in total. The minimum absolute atomic E-state index is 0.674. The molecule has 1 aromatic carbocycles. The highest BCUT2D eigenvalue weighted by Crippen LogP contribution is 2.12. The zero-order valence-corrected chi connectivity index (χ0v) is 11.2. The van der Waals surface area contributed by atoms with Gasteiger partial charge in [0.25, 0.3) is 0 Å². The Morgan fingerprint density at radius 1 is 1.11 bits per heavy atom. The summed E-state index contributed by atoms with van der Waals surface area (Å²) in [5.74, 6) is 1.55. The van der Waals surface area contributed by atoms with Crippen LogP contribution in [0.3, 0.4) is 0 Å². The van der Waals surface area contributed by atoms with Gasteiger partial charge in [0, 0.05) is 24.2 Å². The third-order valence-corrected chi connectivity index (χ3v) is 2.73. The van der Waals surface area contributed by atoms with Crippen LogP contribution in [0.1, 0.15) is 5.56 Å². The van der Waals surface area contributed by atoms with E-state index < -0.39 is 0 Å². The number of hydrogen-bond donors (Lipinski definition) is 2. The van der Waals surface area contributed by atoms with E-state index in [2.05, 4.69) is 27.2 Å². The number of aromatic nitrogens is 2. The molecule has 2 aromatic rings. The Morgan fingerprint density at radius 2 is 1.79 bits per heavy atom. The molecule has 0 saturated heterocycles. The van der Waals surface area contributed by atoms with Crippen LogP contribution in [0.15, 0.2) is 49.3 Å². The third kappa shape index (κ3) is 4.26. The Balaban J connectivity index is 1.95. The molecule has 1 aromatic heterocycles. The van der Waals surface area contributed by atoms with E-state index in [1.54, 1.807) is 6.08 Å². The van der Waals surface area contributed by atoms with Crippen LogP contribution in [-0.4, -0.2) is 16.5 Å². The predicted octanol–water partition coefficient (Wildman–Crippen LogP) is 3.34. The Hall–Kier alpha value is -2.07. The summed E-state index contributed by atoms with van der Waals surface area (Å²) in [5.41, 5.74) is 1.14. The van der Waals surface area contributed by atoms with Crippen LogP contribution in [-0.2, 0) is 6.54 Å². The van der Waals surface area contributed by atoms with Crippen molar-refractivity contribution in [3.8, 4) is 0 Å². The summed E-state index contributed by atoms with van der Waals surface area (Å²) in [6, 6.07) is 9.56. The van der Waals surface area contributed by atoms with Crippen LogP contribution < -0.4 is 10.6 Å². The molecule has 1 heterocycles. The molecule has 0 atom stereocenters. The zero-order chi connectivity index (χ0) is 13.5. The third-order valence-electron chi connectivity index (χ3n) is 2.48. The molecule has 0 saturated carbocycles. The summed E-state index contributed by atoms with van der Waals surface area (Å²) in [5, 5.41) is 7.09. The van der Waals surface area contributed by atoms with Crippen LogP contribution >= 0.6 is 11.6 Å². The van der Waals surface area contributed by atoms with Crippen LogP contribution in [0.4, 0.5) is 11.6 Å². The lowest BCUT2D eigenvalue weighted by Crippen LogP contribution is -2.04. The molecular formula is C14H15ClN4. The highest BCUT2D eigenvalue weighted by molar-refractivity contribution is 6.30. The lowest BCUT2D eigenvalue weighted by Gasteiger charge is -2.07. The SMILES string of the molecule is C=CCNc1cc(NCc2ccc(Cl)cc2)ncn1. The molecule has 4 nitrogen and oxygen atoms in total. The van der Waals surface area contributed by atoms with Gasteiger partial charge < -0.3 is 10.6 Å². The minimum atomic E-state index is 0.674. The number of benzene rings is 1. The second-order valence-electron chi connectivity index (χ2n) is 3.94. The van der Waals surface area contributed by atoms with Gasteiger partial charge in [0.05, 0.1) is 0 Å². The van der Waals surface area contributed by atoms with Crippen molar-refractivity contribution in [2.24, 2.45) is 0 Å². The average molecular weight is 275 g/mol. The molecule has 0 radical (unpaired) electrons. The standard InChI is InChI=1S/C14H15ClN4/c1-2-7-16-13-8-14(19-10-18-13)17-9-11-3-5-12(15)6-4-11/h2-6,8,10H,1,7,9H2,(H2,16,17,18,19). The van der Waals surface area contributed by atoms with Crippen LogP contribution in [0.2, 0.25) is 5.02 Å². The van der Waals surface area contributed by atoms with Crippen molar-refractivity contribution in [2.45, 2.75) is 6.54 Å². The first-order chi connectivity index (χ1) is 9.28. The van der Waals surface area contributed by atoms with Crippen molar-refractivity contribution in [3.63, 3.8) is 0 Å². The molecule has 0 unspecified atom stereocenters. The van der Waals surface area contributed by atoms with E-state index in [1.165, 1.54) is 6.33 Å². The maximum atomic E-state index is 5.84. The van der Waals surface area contributed by atoms with Gasteiger partial charge in [0.2, 0.25) is 0 Å². The summed E-state index contributed by atoms with van der Waals surface area (Å²) in [6.07, 6.45) is 3.30. The summed E-state index contributed by atoms with van der Waals surface area (Å²) in [6.45, 7) is 5.01. The summed E-state index contributed by atoms with van der Waals surface area (Å²) in [7, 11) is 0. The van der Waals surface area contributed by atoms with E-state index in [1.807, 2.05) is 30.3 Å². The van der Waals surface area contributed by atoms with E-state index in [0.29, 0.717) is 13.1 Å². The highest BCUT2D eigenvalue weighted by Gasteiger charge is 1.98. The van der Waals surface area contributed by atoms with Crippen molar-refractivity contribution < 1.29 is 0 Å². The molecule has 0 bridgehead atoms. The number of nitrogens with zero attached hydrogens (tertiary/aromatic N) is 2. The first-order valence-corrected chi connectivity index (χ1v) is 6.31. The molecule has 0 aliphatic heterocycles. The van der Waals surface area contributed by atoms with Crippen molar-refractivity contribution in [2.75, 3.05) is 17.2 Å². The molecule has 2 rings (SSSR count). The Bertz CT molecular complexity index is 539. The summed E-state index contributed by atoms with van der Waals surface area (Å²) >= 11 is 5.84. The fourth-order valence-corrected chi connectivity index (χ4v) is 1.65.